The van der Waals surface area contributed by atoms with Crippen molar-refractivity contribution >= 4 is 33.4 Å². The van der Waals surface area contributed by atoms with E-state index in [1.165, 1.54) is 25.7 Å². The molecule has 0 radical (unpaired) electrons. The largest absolute Gasteiger partial charge is 0.341 e. The molecule has 1 saturated carbocycles. The second-order valence-corrected chi connectivity index (χ2v) is 5.88. The van der Waals surface area contributed by atoms with E-state index in [9.17, 15) is 4.79 Å². The van der Waals surface area contributed by atoms with Gasteiger partial charge in [-0.05, 0) is 37.0 Å². The molecule has 1 amide bonds. The minimum Gasteiger partial charge on any atom is -0.341 e. The zero-order chi connectivity index (χ0) is 10.9. The molecule has 1 aliphatic carbocycles. The molecule has 2 atom stereocenters. The molecule has 0 N–H and O–H groups in total. The standard InChI is InChI=1S/C11H17BrClNO/c12-6-9-1-2-11(5-9)3-4-14(8-11)10(15)7-13/h9H,1-8H2/t9-,11+/m0/s1. The molecule has 15 heavy (non-hydrogen) atoms. The molecule has 2 aliphatic rings. The molecule has 1 aliphatic heterocycles. The van der Waals surface area contributed by atoms with Crippen LogP contribution in [0.2, 0.25) is 0 Å². The predicted octanol–water partition coefficient (Wildman–Crippen LogP) is 2.64. The van der Waals surface area contributed by atoms with Crippen LogP contribution in [0.1, 0.15) is 25.7 Å². The van der Waals surface area contributed by atoms with E-state index >= 15 is 0 Å². The van der Waals surface area contributed by atoms with Crippen LogP contribution in [0.15, 0.2) is 0 Å². The van der Waals surface area contributed by atoms with E-state index in [4.69, 9.17) is 11.6 Å². The van der Waals surface area contributed by atoms with Gasteiger partial charge in [-0.15, -0.1) is 11.6 Å². The number of halogens is 2. The summed E-state index contributed by atoms with van der Waals surface area (Å²) in [4.78, 5) is 13.4. The van der Waals surface area contributed by atoms with Gasteiger partial charge in [0, 0.05) is 18.4 Å². The highest BCUT2D eigenvalue weighted by atomic mass is 79.9. The molecule has 1 saturated heterocycles. The molecule has 0 aromatic carbocycles. The summed E-state index contributed by atoms with van der Waals surface area (Å²) < 4.78 is 0. The summed E-state index contributed by atoms with van der Waals surface area (Å²) in [6, 6.07) is 0. The fraction of sp³-hybridized carbons (Fsp3) is 0.909. The summed E-state index contributed by atoms with van der Waals surface area (Å²) >= 11 is 9.15. The maximum atomic E-state index is 11.5. The highest BCUT2D eigenvalue weighted by molar-refractivity contribution is 9.09. The zero-order valence-electron chi connectivity index (χ0n) is 8.85. The molecule has 0 aromatic rings. The van der Waals surface area contributed by atoms with Crippen LogP contribution in [0.3, 0.4) is 0 Å². The Balaban J connectivity index is 1.94. The maximum absolute atomic E-state index is 11.5. The summed E-state index contributed by atoms with van der Waals surface area (Å²) in [6.45, 7) is 1.86. The van der Waals surface area contributed by atoms with E-state index in [2.05, 4.69) is 15.9 Å². The number of amides is 1. The zero-order valence-corrected chi connectivity index (χ0v) is 11.2. The van der Waals surface area contributed by atoms with Crippen molar-refractivity contribution in [1.82, 2.24) is 4.90 Å². The number of rotatable bonds is 2. The topological polar surface area (TPSA) is 20.3 Å². The van der Waals surface area contributed by atoms with Crippen molar-refractivity contribution in [3.63, 3.8) is 0 Å². The molecular formula is C11H17BrClNO. The minimum absolute atomic E-state index is 0.107. The molecular weight excluding hydrogens is 277 g/mol. The number of alkyl halides is 2. The maximum Gasteiger partial charge on any atom is 0.237 e. The lowest BCUT2D eigenvalue weighted by Crippen LogP contribution is -2.32. The predicted molar refractivity (Wildman–Crippen MR) is 65.5 cm³/mol. The smallest absolute Gasteiger partial charge is 0.237 e. The minimum atomic E-state index is 0.107. The first kappa shape index (κ1) is 11.7. The lowest BCUT2D eigenvalue weighted by atomic mass is 9.85. The monoisotopic (exact) mass is 293 g/mol. The van der Waals surface area contributed by atoms with E-state index in [0.717, 1.165) is 24.3 Å². The lowest BCUT2D eigenvalue weighted by Gasteiger charge is -2.23. The van der Waals surface area contributed by atoms with Gasteiger partial charge in [0.2, 0.25) is 5.91 Å². The third-order valence-electron chi connectivity index (χ3n) is 3.93. The lowest BCUT2D eigenvalue weighted by molar-refractivity contribution is -0.127. The van der Waals surface area contributed by atoms with Crippen LogP contribution < -0.4 is 0 Å². The number of hydrogen-bond donors (Lipinski definition) is 0. The van der Waals surface area contributed by atoms with Crippen LogP contribution in [-0.2, 0) is 4.79 Å². The van der Waals surface area contributed by atoms with Crippen LogP contribution in [0.25, 0.3) is 0 Å². The number of likely N-dealkylation sites (tertiary alicyclic amines) is 1. The fourth-order valence-electron chi connectivity index (χ4n) is 3.06. The van der Waals surface area contributed by atoms with E-state index in [1.807, 2.05) is 4.90 Å². The first-order valence-corrected chi connectivity index (χ1v) is 7.24. The molecule has 1 spiro atoms. The van der Waals surface area contributed by atoms with Crippen molar-refractivity contribution in [3.05, 3.63) is 0 Å². The molecule has 86 valence electrons. The van der Waals surface area contributed by atoms with Crippen molar-refractivity contribution in [1.29, 1.82) is 0 Å². The van der Waals surface area contributed by atoms with Gasteiger partial charge in [0.05, 0.1) is 0 Å². The van der Waals surface area contributed by atoms with Crippen molar-refractivity contribution in [2.24, 2.45) is 11.3 Å². The Labute approximate surface area is 104 Å². The summed E-state index contributed by atoms with van der Waals surface area (Å²) in [5.74, 6) is 1.06. The van der Waals surface area contributed by atoms with Gasteiger partial charge in [0.25, 0.3) is 0 Å². The van der Waals surface area contributed by atoms with E-state index in [1.54, 1.807) is 0 Å². The second kappa shape index (κ2) is 4.62. The molecule has 2 nitrogen and oxygen atoms in total. The van der Waals surface area contributed by atoms with Crippen molar-refractivity contribution in [3.8, 4) is 0 Å². The summed E-state index contributed by atoms with van der Waals surface area (Å²) in [5.41, 5.74) is 0.431. The van der Waals surface area contributed by atoms with Gasteiger partial charge in [0.1, 0.15) is 5.88 Å². The number of hydrogen-bond acceptors (Lipinski definition) is 1. The van der Waals surface area contributed by atoms with Crippen molar-refractivity contribution in [2.75, 3.05) is 24.3 Å². The first-order chi connectivity index (χ1) is 7.19. The van der Waals surface area contributed by atoms with Gasteiger partial charge in [-0.2, -0.15) is 0 Å². The van der Waals surface area contributed by atoms with Crippen LogP contribution >= 0.6 is 27.5 Å². The Kier molecular flexibility index (Phi) is 3.61. The quantitative estimate of drug-likeness (QED) is 0.717. The SMILES string of the molecule is O=C(CCl)N1CC[C@@]2(CC[C@H](CBr)C2)C1. The van der Waals surface area contributed by atoms with Crippen molar-refractivity contribution < 1.29 is 4.79 Å². The number of carbonyl (C=O) groups excluding carboxylic acids is 1. The van der Waals surface area contributed by atoms with Gasteiger partial charge in [-0.25, -0.2) is 0 Å². The molecule has 2 rings (SSSR count). The average molecular weight is 295 g/mol. The van der Waals surface area contributed by atoms with Gasteiger partial charge < -0.3 is 4.90 Å². The van der Waals surface area contributed by atoms with Crippen LogP contribution in [-0.4, -0.2) is 35.1 Å². The van der Waals surface area contributed by atoms with Gasteiger partial charge in [0.15, 0.2) is 0 Å². The van der Waals surface area contributed by atoms with Crippen molar-refractivity contribution in [2.45, 2.75) is 25.7 Å². The summed E-state index contributed by atoms with van der Waals surface area (Å²) in [6.07, 6.45) is 5.06. The molecule has 0 aromatic heterocycles. The summed E-state index contributed by atoms with van der Waals surface area (Å²) in [7, 11) is 0. The number of carbonyl (C=O) groups is 1. The average Bonchev–Trinajstić information content (AvgIpc) is 2.86. The molecule has 0 bridgehead atoms. The highest BCUT2D eigenvalue weighted by Crippen LogP contribution is 2.48. The van der Waals surface area contributed by atoms with Crippen LogP contribution in [0.5, 0.6) is 0 Å². The Morgan fingerprint density at radius 3 is 2.93 bits per heavy atom. The van der Waals surface area contributed by atoms with Gasteiger partial charge in [-0.1, -0.05) is 15.9 Å². The van der Waals surface area contributed by atoms with E-state index in [0.29, 0.717) is 5.41 Å². The molecule has 2 fully saturated rings. The van der Waals surface area contributed by atoms with Crippen LogP contribution in [0.4, 0.5) is 0 Å². The third kappa shape index (κ3) is 2.33. The van der Waals surface area contributed by atoms with Gasteiger partial charge in [-0.3, -0.25) is 4.79 Å². The van der Waals surface area contributed by atoms with E-state index in [-0.39, 0.29) is 11.8 Å². The van der Waals surface area contributed by atoms with E-state index < -0.39 is 0 Å². The first-order valence-electron chi connectivity index (χ1n) is 5.59. The van der Waals surface area contributed by atoms with Gasteiger partial charge >= 0.3 is 0 Å². The second-order valence-electron chi connectivity index (χ2n) is 4.96. The Morgan fingerprint density at radius 1 is 1.53 bits per heavy atom. The Hall–Kier alpha value is 0.240. The molecule has 1 heterocycles. The Bertz CT molecular complexity index is 261. The molecule has 0 unspecified atom stereocenters. The third-order valence-corrected chi connectivity index (χ3v) is 5.07. The van der Waals surface area contributed by atoms with Crippen LogP contribution in [0, 0.1) is 11.3 Å². The Morgan fingerprint density at radius 2 is 2.33 bits per heavy atom. The molecule has 4 heteroatoms. The number of nitrogens with zero attached hydrogens (tertiary/aromatic N) is 1. The highest BCUT2D eigenvalue weighted by Gasteiger charge is 2.44. The normalized spacial score (nSPS) is 35.3. The summed E-state index contributed by atoms with van der Waals surface area (Å²) in [5, 5.41) is 1.11. The fourth-order valence-corrected chi connectivity index (χ4v) is 3.78.